The van der Waals surface area contributed by atoms with Crippen LogP contribution in [0.2, 0.25) is 11.4 Å². The van der Waals surface area contributed by atoms with E-state index in [9.17, 15) is 4.79 Å². The SMILES string of the molecule is C[As](C)c1ccc([C]=O)cc1. The van der Waals surface area contributed by atoms with Crippen molar-refractivity contribution in [3.05, 3.63) is 29.8 Å². The predicted molar refractivity (Wildman–Crippen MR) is 48.4 cm³/mol. The number of hydrogen-bond donors (Lipinski definition) is 0. The van der Waals surface area contributed by atoms with Crippen LogP contribution in [0, 0.1) is 0 Å². The van der Waals surface area contributed by atoms with Gasteiger partial charge in [-0.2, -0.15) is 0 Å². The van der Waals surface area contributed by atoms with Gasteiger partial charge in [-0.25, -0.2) is 0 Å². The molecule has 2 heteroatoms. The number of hydrogen-bond acceptors (Lipinski definition) is 1. The van der Waals surface area contributed by atoms with Gasteiger partial charge in [0, 0.05) is 0 Å². The van der Waals surface area contributed by atoms with Gasteiger partial charge in [-0.3, -0.25) is 0 Å². The second-order valence-electron chi connectivity index (χ2n) is 2.54. The zero-order valence-electron chi connectivity index (χ0n) is 6.66. The standard InChI is InChI=1S/C9H10AsO/c1-10(2)9-5-3-8(7-11)4-6-9/h3-6H,1-2H3. The second kappa shape index (κ2) is 3.73. The fourth-order valence-electron chi connectivity index (χ4n) is 0.828. The molecule has 57 valence electrons. The van der Waals surface area contributed by atoms with Crippen LogP contribution in [0.3, 0.4) is 0 Å². The van der Waals surface area contributed by atoms with Crippen molar-refractivity contribution in [2.45, 2.75) is 11.4 Å². The van der Waals surface area contributed by atoms with Gasteiger partial charge in [-0.05, 0) is 0 Å². The number of benzene rings is 1. The molecular formula is C9H10AsO. The molecule has 0 aliphatic heterocycles. The van der Waals surface area contributed by atoms with Crippen LogP contribution in [-0.2, 0) is 4.79 Å². The zero-order valence-corrected chi connectivity index (χ0v) is 8.54. The molecule has 11 heavy (non-hydrogen) atoms. The summed E-state index contributed by atoms with van der Waals surface area (Å²) in [5, 5.41) is 0. The summed E-state index contributed by atoms with van der Waals surface area (Å²) in [7, 11) is 0. The van der Waals surface area contributed by atoms with E-state index in [-0.39, 0.29) is 0 Å². The van der Waals surface area contributed by atoms with Gasteiger partial charge in [-0.15, -0.1) is 0 Å². The van der Waals surface area contributed by atoms with E-state index in [0.29, 0.717) is 5.56 Å². The Morgan fingerprint density at radius 3 is 2.09 bits per heavy atom. The average molecular weight is 209 g/mol. The van der Waals surface area contributed by atoms with Gasteiger partial charge < -0.3 is 0 Å². The summed E-state index contributed by atoms with van der Waals surface area (Å²) in [5.41, 5.74) is 5.18. The van der Waals surface area contributed by atoms with Crippen molar-refractivity contribution in [3.8, 4) is 0 Å². The van der Waals surface area contributed by atoms with Gasteiger partial charge in [0.1, 0.15) is 0 Å². The van der Waals surface area contributed by atoms with Gasteiger partial charge in [0.05, 0.1) is 0 Å². The van der Waals surface area contributed by atoms with Gasteiger partial charge in [0.2, 0.25) is 0 Å². The molecule has 1 rings (SSSR count). The third-order valence-electron chi connectivity index (χ3n) is 1.50. The van der Waals surface area contributed by atoms with Gasteiger partial charge in [0.25, 0.3) is 0 Å². The first-order valence-electron chi connectivity index (χ1n) is 3.39. The third-order valence-corrected chi connectivity index (χ3v) is 4.29. The molecule has 0 bridgehead atoms. The summed E-state index contributed by atoms with van der Waals surface area (Å²) in [5.74, 6) is 0. The van der Waals surface area contributed by atoms with Crippen molar-refractivity contribution < 1.29 is 4.79 Å². The summed E-state index contributed by atoms with van der Waals surface area (Å²) in [6.07, 6.45) is 1.86. The Kier molecular flexibility index (Phi) is 2.90. The molecule has 0 saturated heterocycles. The van der Waals surface area contributed by atoms with Gasteiger partial charge >= 0.3 is 71.3 Å². The summed E-state index contributed by atoms with van der Waals surface area (Å²) < 4.78 is 1.40. The van der Waals surface area contributed by atoms with Crippen LogP contribution >= 0.6 is 0 Å². The van der Waals surface area contributed by atoms with E-state index in [1.807, 2.05) is 30.6 Å². The molecule has 0 spiro atoms. The van der Waals surface area contributed by atoms with E-state index in [4.69, 9.17) is 0 Å². The Labute approximate surface area is 71.7 Å². The summed E-state index contributed by atoms with van der Waals surface area (Å²) >= 11 is -0.751. The van der Waals surface area contributed by atoms with Crippen molar-refractivity contribution in [1.29, 1.82) is 0 Å². The summed E-state index contributed by atoms with van der Waals surface area (Å²) in [6, 6.07) is 7.72. The second-order valence-corrected chi connectivity index (χ2v) is 7.38. The summed E-state index contributed by atoms with van der Waals surface area (Å²) in [6.45, 7) is 0. The van der Waals surface area contributed by atoms with Crippen LogP contribution in [0.5, 0.6) is 0 Å². The van der Waals surface area contributed by atoms with Crippen LogP contribution in [-0.4, -0.2) is 20.9 Å². The van der Waals surface area contributed by atoms with Gasteiger partial charge in [-0.1, -0.05) is 0 Å². The van der Waals surface area contributed by atoms with E-state index in [1.165, 1.54) is 4.35 Å². The molecule has 0 aromatic heterocycles. The molecule has 0 fully saturated rings. The Balaban J connectivity index is 2.91. The molecule has 0 saturated carbocycles. The quantitative estimate of drug-likeness (QED) is 0.666. The van der Waals surface area contributed by atoms with Crippen molar-refractivity contribution in [1.82, 2.24) is 0 Å². The maximum atomic E-state index is 10.2. The normalized spacial score (nSPS) is 10.1. The minimum absolute atomic E-state index is 0.643. The molecule has 1 nitrogen and oxygen atoms in total. The van der Waals surface area contributed by atoms with Crippen LogP contribution in [0.4, 0.5) is 0 Å². The first-order chi connectivity index (χ1) is 5.24. The molecule has 0 amide bonds. The molecule has 0 aliphatic rings. The van der Waals surface area contributed by atoms with Crippen molar-refractivity contribution in [2.75, 3.05) is 0 Å². The average Bonchev–Trinajstić information content (AvgIpc) is 2.05. The Morgan fingerprint density at radius 1 is 1.18 bits per heavy atom. The van der Waals surface area contributed by atoms with E-state index < -0.39 is 14.7 Å². The molecule has 1 aromatic carbocycles. The molecule has 1 aromatic rings. The number of carbonyl (C=O) groups excluding carboxylic acids is 1. The third kappa shape index (κ3) is 2.20. The zero-order chi connectivity index (χ0) is 8.27. The van der Waals surface area contributed by atoms with E-state index in [1.54, 1.807) is 0 Å². The van der Waals surface area contributed by atoms with Crippen LogP contribution in [0.1, 0.15) is 5.56 Å². The van der Waals surface area contributed by atoms with Crippen LogP contribution in [0.15, 0.2) is 24.3 Å². The monoisotopic (exact) mass is 209 g/mol. The van der Waals surface area contributed by atoms with E-state index in [2.05, 4.69) is 11.4 Å². The maximum absolute atomic E-state index is 10.2. The number of rotatable bonds is 2. The van der Waals surface area contributed by atoms with Crippen LogP contribution in [0.25, 0.3) is 0 Å². The Hall–Kier alpha value is -0.552. The van der Waals surface area contributed by atoms with Crippen molar-refractivity contribution >= 4 is 25.3 Å². The molecule has 0 atom stereocenters. The Morgan fingerprint density at radius 2 is 1.73 bits per heavy atom. The first kappa shape index (κ1) is 8.54. The molecule has 0 aliphatic carbocycles. The molecule has 0 N–H and O–H groups in total. The summed E-state index contributed by atoms with van der Waals surface area (Å²) in [4.78, 5) is 10.2. The molecule has 0 unspecified atom stereocenters. The van der Waals surface area contributed by atoms with Gasteiger partial charge in [0.15, 0.2) is 0 Å². The fourth-order valence-corrected chi connectivity index (χ4v) is 2.39. The van der Waals surface area contributed by atoms with Crippen LogP contribution < -0.4 is 4.35 Å². The van der Waals surface area contributed by atoms with Crippen molar-refractivity contribution in [3.63, 3.8) is 0 Å². The van der Waals surface area contributed by atoms with E-state index in [0.717, 1.165) is 0 Å². The molecule has 1 radical (unpaired) electrons. The minimum atomic E-state index is -0.751. The molecular weight excluding hydrogens is 199 g/mol. The first-order valence-corrected chi connectivity index (χ1v) is 8.08. The predicted octanol–water partition coefficient (Wildman–Crippen LogP) is 1.11. The van der Waals surface area contributed by atoms with E-state index >= 15 is 0 Å². The Bertz CT molecular complexity index is 238. The molecule has 0 heterocycles. The topological polar surface area (TPSA) is 17.1 Å². The fraction of sp³-hybridized carbons (Fsp3) is 0.222. The van der Waals surface area contributed by atoms with Crippen molar-refractivity contribution in [2.24, 2.45) is 0 Å².